The van der Waals surface area contributed by atoms with Gasteiger partial charge in [-0.15, -0.1) is 0 Å². The molecule has 4 bridgehead atoms. The molecule has 0 heterocycles. The average Bonchev–Trinajstić information content (AvgIpc) is 3.87. The largest absolute Gasteiger partial charge is 0.311 e. The summed E-state index contributed by atoms with van der Waals surface area (Å²) in [5, 5.41) is 0. The van der Waals surface area contributed by atoms with Gasteiger partial charge in [-0.2, -0.15) is 0 Å². The maximum Gasteiger partial charge on any atom is 0.0462 e. The lowest BCUT2D eigenvalue weighted by atomic mass is 9.49. The van der Waals surface area contributed by atoms with Crippen molar-refractivity contribution in [1.82, 2.24) is 0 Å². The molecule has 8 aromatic rings. The smallest absolute Gasteiger partial charge is 0.0462 e. The molecule has 8 aromatic carbocycles. The third-order valence-corrected chi connectivity index (χ3v) is 19.7. The molecule has 0 aliphatic heterocycles. The Hall–Kier alpha value is -6.44. The molecule has 352 valence electrons. The van der Waals surface area contributed by atoms with Gasteiger partial charge < -0.3 is 4.90 Å². The van der Waals surface area contributed by atoms with E-state index >= 15 is 0 Å². The fraction of sp³-hybridized carbons (Fsp3) is 0.314. The zero-order chi connectivity index (χ0) is 47.6. The number of hydrogen-bond donors (Lipinski definition) is 0. The first kappa shape index (κ1) is 43.4. The van der Waals surface area contributed by atoms with E-state index in [9.17, 15) is 0 Å². The molecule has 71 heavy (non-hydrogen) atoms. The molecule has 0 N–H and O–H groups in total. The van der Waals surface area contributed by atoms with Crippen LogP contribution in [-0.4, -0.2) is 0 Å². The molecule has 6 aliphatic carbocycles. The quantitative estimate of drug-likeness (QED) is 0.161. The maximum atomic E-state index is 2.61. The molecule has 4 saturated carbocycles. The van der Waals surface area contributed by atoms with E-state index < -0.39 is 0 Å². The third kappa shape index (κ3) is 6.56. The highest BCUT2D eigenvalue weighted by Gasteiger charge is 2.58. The number of benzene rings is 8. The van der Waals surface area contributed by atoms with Crippen molar-refractivity contribution in [2.75, 3.05) is 4.90 Å². The van der Waals surface area contributed by atoms with E-state index in [1.54, 1.807) is 22.3 Å². The lowest BCUT2D eigenvalue weighted by molar-refractivity contribution is 0.0426. The Bertz CT molecular complexity index is 3120. The van der Waals surface area contributed by atoms with Crippen molar-refractivity contribution < 1.29 is 0 Å². The Kier molecular flexibility index (Phi) is 10.1. The third-order valence-electron chi connectivity index (χ3n) is 19.7. The van der Waals surface area contributed by atoms with Crippen LogP contribution in [0.4, 0.5) is 17.1 Å². The van der Waals surface area contributed by atoms with E-state index in [0.717, 1.165) is 40.7 Å². The molecular weight excluding hydrogens is 855 g/mol. The molecule has 0 aromatic heterocycles. The van der Waals surface area contributed by atoms with Crippen molar-refractivity contribution in [3.05, 3.63) is 210 Å². The topological polar surface area (TPSA) is 3.24 Å². The Morgan fingerprint density at radius 1 is 0.310 bits per heavy atom. The minimum atomic E-state index is 0.0835. The zero-order valence-electron chi connectivity index (χ0n) is 42.1. The Balaban J connectivity index is 0.829. The molecule has 10 atom stereocenters. The van der Waals surface area contributed by atoms with Gasteiger partial charge >= 0.3 is 0 Å². The van der Waals surface area contributed by atoms with Crippen LogP contribution in [0.15, 0.2) is 188 Å². The Morgan fingerprint density at radius 3 is 1.10 bits per heavy atom. The number of nitrogens with zero attached hydrogens (tertiary/aromatic N) is 1. The standard InChI is InChI=1S/C70H67N/c1-44-34-48-38-46(3)69(56(36-44)40-48)65-16-10-8-14-61(65)63-32-24-54(42-67(63)69)52-20-28-59(29-21-52)71(58-26-18-51(19-27-58)50-12-6-5-7-13-50)60-30-22-53(23-31-60)55-25-33-64-62-15-9-11-17-66(62)70(68(64)43-55)47(4)39-49-35-45(2)37-57(70)41-49/h5-33,42-49,56-57H,34-41H2,1-4H3/t44-,45-,46+,47+,48?,49?,56-,57-,69-,70+/m1/s1. The molecule has 6 aliphatic rings. The van der Waals surface area contributed by atoms with Crippen LogP contribution in [0.5, 0.6) is 0 Å². The molecule has 4 fully saturated rings. The monoisotopic (exact) mass is 922 g/mol. The van der Waals surface area contributed by atoms with Crippen LogP contribution in [0.1, 0.15) is 101 Å². The van der Waals surface area contributed by atoms with Crippen molar-refractivity contribution in [3.8, 4) is 55.6 Å². The first-order valence-electron chi connectivity index (χ1n) is 27.4. The summed E-state index contributed by atoms with van der Waals surface area (Å²) in [6, 6.07) is 72.6. The van der Waals surface area contributed by atoms with Crippen molar-refractivity contribution in [3.63, 3.8) is 0 Å². The van der Waals surface area contributed by atoms with Crippen LogP contribution >= 0.6 is 0 Å². The lowest BCUT2D eigenvalue weighted by Crippen LogP contribution is -2.49. The minimum Gasteiger partial charge on any atom is -0.311 e. The van der Waals surface area contributed by atoms with Gasteiger partial charge in [0.2, 0.25) is 0 Å². The lowest BCUT2D eigenvalue weighted by Gasteiger charge is -2.54. The normalized spacial score (nSPS) is 28.5. The van der Waals surface area contributed by atoms with Gasteiger partial charge in [-0.25, -0.2) is 0 Å². The second-order valence-electron chi connectivity index (χ2n) is 23.7. The van der Waals surface area contributed by atoms with E-state index in [4.69, 9.17) is 0 Å². The number of rotatable bonds is 6. The van der Waals surface area contributed by atoms with Gasteiger partial charge in [0.05, 0.1) is 0 Å². The highest BCUT2D eigenvalue weighted by atomic mass is 15.1. The Labute approximate surface area is 423 Å². The van der Waals surface area contributed by atoms with Crippen molar-refractivity contribution in [1.29, 1.82) is 0 Å². The highest BCUT2D eigenvalue weighted by Crippen LogP contribution is 2.66. The summed E-state index contributed by atoms with van der Waals surface area (Å²) in [7, 11) is 0. The van der Waals surface area contributed by atoms with Crippen LogP contribution in [0.2, 0.25) is 0 Å². The molecular formula is C70H67N. The highest BCUT2D eigenvalue weighted by molar-refractivity contribution is 5.87. The van der Waals surface area contributed by atoms with Crippen molar-refractivity contribution >= 4 is 17.1 Å². The summed E-state index contributed by atoms with van der Waals surface area (Å²) in [4.78, 5) is 2.44. The molecule has 2 spiro atoms. The molecule has 0 radical (unpaired) electrons. The minimum absolute atomic E-state index is 0.0835. The van der Waals surface area contributed by atoms with Gasteiger partial charge in [0.15, 0.2) is 0 Å². The molecule has 2 unspecified atom stereocenters. The van der Waals surface area contributed by atoms with Crippen LogP contribution in [0.25, 0.3) is 55.6 Å². The molecule has 14 rings (SSSR count). The van der Waals surface area contributed by atoms with E-state index in [0.29, 0.717) is 23.7 Å². The summed E-state index contributed by atoms with van der Waals surface area (Å²) >= 11 is 0. The van der Waals surface area contributed by atoms with Gasteiger partial charge in [0.25, 0.3) is 0 Å². The van der Waals surface area contributed by atoms with Crippen molar-refractivity contribution in [2.45, 2.75) is 89.9 Å². The van der Waals surface area contributed by atoms with Gasteiger partial charge in [-0.05, 0) is 225 Å². The van der Waals surface area contributed by atoms with Crippen LogP contribution in [0, 0.1) is 47.3 Å². The SMILES string of the molecule is C[C@@H]1CC2C[C@@H](C1)[C@@]1(c3ccccc3-c3ccc(-c4ccc(N(c5ccc(-c6ccccc6)cc5)c5ccc(-c6ccc7c(c6)[C@]6(c8ccccc8-7)[C@H]7CC(C[C@@H](C)C7)C[C@@H]6C)cc5)cc4)cc31)[C@@H](C)C2. The van der Waals surface area contributed by atoms with Gasteiger partial charge in [0, 0.05) is 27.9 Å². The fourth-order valence-electron chi connectivity index (χ4n) is 17.3. The van der Waals surface area contributed by atoms with Gasteiger partial charge in [-0.3, -0.25) is 0 Å². The fourth-order valence-corrected chi connectivity index (χ4v) is 17.3. The molecule has 0 saturated heterocycles. The first-order chi connectivity index (χ1) is 34.8. The average molecular weight is 922 g/mol. The van der Waals surface area contributed by atoms with E-state index in [2.05, 4.69) is 221 Å². The zero-order valence-corrected chi connectivity index (χ0v) is 42.1. The summed E-state index contributed by atoms with van der Waals surface area (Å²) in [6.45, 7) is 10.2. The Morgan fingerprint density at radius 2 is 0.662 bits per heavy atom. The van der Waals surface area contributed by atoms with E-state index in [-0.39, 0.29) is 10.8 Å². The van der Waals surface area contributed by atoms with E-state index in [1.807, 2.05) is 0 Å². The predicted octanol–water partition coefficient (Wildman–Crippen LogP) is 18.9. The van der Waals surface area contributed by atoms with Crippen LogP contribution in [-0.2, 0) is 10.8 Å². The van der Waals surface area contributed by atoms with Crippen LogP contribution < -0.4 is 4.90 Å². The second-order valence-corrected chi connectivity index (χ2v) is 23.7. The second kappa shape index (κ2) is 16.6. The summed E-state index contributed by atoms with van der Waals surface area (Å²) in [6.07, 6.45) is 10.9. The van der Waals surface area contributed by atoms with E-state index in [1.165, 1.54) is 107 Å². The number of fused-ring (bicyclic) bond motifs is 16. The molecule has 1 nitrogen and oxygen atoms in total. The number of hydrogen-bond acceptors (Lipinski definition) is 1. The van der Waals surface area contributed by atoms with Crippen molar-refractivity contribution in [2.24, 2.45) is 47.3 Å². The van der Waals surface area contributed by atoms with Gasteiger partial charge in [-0.1, -0.05) is 167 Å². The van der Waals surface area contributed by atoms with Gasteiger partial charge in [0.1, 0.15) is 0 Å². The summed E-state index contributed by atoms with van der Waals surface area (Å²) in [5.74, 6) is 5.93. The maximum absolute atomic E-state index is 2.61. The van der Waals surface area contributed by atoms with Crippen LogP contribution in [0.3, 0.4) is 0 Å². The summed E-state index contributed by atoms with van der Waals surface area (Å²) < 4.78 is 0. The number of anilines is 3. The predicted molar refractivity (Wildman–Crippen MR) is 297 cm³/mol. The first-order valence-corrected chi connectivity index (χ1v) is 27.4. The molecule has 1 heteroatoms. The summed E-state index contributed by atoms with van der Waals surface area (Å²) in [5.41, 5.74) is 23.5. The molecule has 0 amide bonds.